The number of nitrogens with one attached hydrogen (secondary N) is 1. The fraction of sp³-hybridized carbons (Fsp3) is 0.524. The molecule has 0 saturated heterocycles. The van der Waals surface area contributed by atoms with E-state index < -0.39 is 5.54 Å². The van der Waals surface area contributed by atoms with Crippen LogP contribution in [0, 0.1) is 0 Å². The summed E-state index contributed by atoms with van der Waals surface area (Å²) >= 11 is 0. The third-order valence-corrected chi connectivity index (χ3v) is 5.60. The lowest BCUT2D eigenvalue weighted by Gasteiger charge is -2.40. The molecule has 28 heavy (non-hydrogen) atoms. The lowest BCUT2D eigenvalue weighted by Crippen LogP contribution is -2.61. The van der Waals surface area contributed by atoms with Gasteiger partial charge in [-0.15, -0.1) is 0 Å². The first-order chi connectivity index (χ1) is 13.5. The van der Waals surface area contributed by atoms with E-state index in [0.29, 0.717) is 31.3 Å². The molecule has 1 N–H and O–H groups in total. The number of fused-ring (bicyclic) bond motifs is 1. The van der Waals surface area contributed by atoms with Gasteiger partial charge in [0.15, 0.2) is 0 Å². The van der Waals surface area contributed by atoms with E-state index in [0.717, 1.165) is 29.3 Å². The van der Waals surface area contributed by atoms with Crippen LogP contribution < -0.4 is 10.9 Å². The zero-order valence-electron chi connectivity index (χ0n) is 16.6. The van der Waals surface area contributed by atoms with Gasteiger partial charge < -0.3 is 10.2 Å². The number of aromatic nitrogens is 2. The van der Waals surface area contributed by atoms with E-state index in [1.54, 1.807) is 23.2 Å². The Labute approximate surface area is 164 Å². The van der Waals surface area contributed by atoms with Crippen molar-refractivity contribution in [3.05, 3.63) is 40.8 Å². The molecule has 1 fully saturated rings. The Bertz CT molecular complexity index is 911. The van der Waals surface area contributed by atoms with E-state index in [4.69, 9.17) is 0 Å². The first-order valence-electron chi connectivity index (χ1n) is 10.1. The number of rotatable bonds is 6. The number of carbonyl (C=O) groups is 2. The Hall–Kier alpha value is -2.70. The summed E-state index contributed by atoms with van der Waals surface area (Å²) in [6.45, 7) is 4.91. The van der Waals surface area contributed by atoms with Gasteiger partial charge in [0.05, 0.1) is 11.6 Å². The zero-order valence-corrected chi connectivity index (χ0v) is 16.6. The van der Waals surface area contributed by atoms with Gasteiger partial charge in [-0.25, -0.2) is 4.68 Å². The molecule has 3 rings (SSSR count). The number of carbonyl (C=O) groups excluding carboxylic acids is 2. The van der Waals surface area contributed by atoms with Crippen LogP contribution in [0.1, 0.15) is 46.0 Å². The van der Waals surface area contributed by atoms with Crippen molar-refractivity contribution in [3.63, 3.8) is 0 Å². The number of nitrogens with zero attached hydrogens (tertiary/aromatic N) is 3. The minimum Gasteiger partial charge on any atom is -0.341 e. The molecule has 0 radical (unpaired) electrons. The molecule has 0 aliphatic heterocycles. The quantitative estimate of drug-likeness (QED) is 0.826. The summed E-state index contributed by atoms with van der Waals surface area (Å²) in [4.78, 5) is 40.3. The van der Waals surface area contributed by atoms with E-state index in [1.807, 2.05) is 26.0 Å². The largest absolute Gasteiger partial charge is 0.341 e. The molecule has 0 unspecified atom stereocenters. The van der Waals surface area contributed by atoms with Crippen molar-refractivity contribution in [1.82, 2.24) is 20.0 Å². The van der Waals surface area contributed by atoms with Gasteiger partial charge in [0.2, 0.25) is 11.8 Å². The summed E-state index contributed by atoms with van der Waals surface area (Å²) in [6.07, 6.45) is 5.72. The molecule has 0 bridgehead atoms. The van der Waals surface area contributed by atoms with Crippen LogP contribution >= 0.6 is 0 Å². The molecular weight excluding hydrogens is 356 g/mol. The third-order valence-electron chi connectivity index (χ3n) is 5.60. The van der Waals surface area contributed by atoms with Crippen LogP contribution in [-0.2, 0) is 16.1 Å². The molecule has 1 heterocycles. The molecule has 0 spiro atoms. The van der Waals surface area contributed by atoms with Crippen LogP contribution in [0.25, 0.3) is 10.8 Å². The van der Waals surface area contributed by atoms with Crippen molar-refractivity contribution in [1.29, 1.82) is 0 Å². The Morgan fingerprint density at radius 3 is 2.50 bits per heavy atom. The van der Waals surface area contributed by atoms with Crippen molar-refractivity contribution >= 4 is 22.6 Å². The molecule has 7 nitrogen and oxygen atoms in total. The monoisotopic (exact) mass is 384 g/mol. The highest BCUT2D eigenvalue weighted by molar-refractivity contribution is 5.91. The number of amides is 2. The topological polar surface area (TPSA) is 84.3 Å². The van der Waals surface area contributed by atoms with Crippen LogP contribution in [-0.4, -0.2) is 45.1 Å². The molecule has 1 aliphatic rings. The summed E-state index contributed by atoms with van der Waals surface area (Å²) in [5.74, 6) is -0.378. The molecule has 1 aliphatic carbocycles. The van der Waals surface area contributed by atoms with E-state index in [9.17, 15) is 14.4 Å². The van der Waals surface area contributed by atoms with E-state index in [-0.39, 0.29) is 23.9 Å². The van der Waals surface area contributed by atoms with E-state index >= 15 is 0 Å². The predicted octanol–water partition coefficient (Wildman–Crippen LogP) is 2.08. The fourth-order valence-electron chi connectivity index (χ4n) is 4.04. The fourth-order valence-corrected chi connectivity index (χ4v) is 4.04. The lowest BCUT2D eigenvalue weighted by molar-refractivity contribution is -0.143. The summed E-state index contributed by atoms with van der Waals surface area (Å²) in [6, 6.07) is 7.16. The zero-order chi connectivity index (χ0) is 20.1. The van der Waals surface area contributed by atoms with Crippen LogP contribution in [0.15, 0.2) is 35.3 Å². The maximum Gasteiger partial charge on any atom is 0.275 e. The van der Waals surface area contributed by atoms with Crippen LogP contribution in [0.3, 0.4) is 0 Å². The van der Waals surface area contributed by atoms with Gasteiger partial charge in [-0.1, -0.05) is 37.5 Å². The third kappa shape index (κ3) is 3.93. The normalized spacial score (nSPS) is 15.9. The molecule has 1 saturated carbocycles. The first kappa shape index (κ1) is 20.0. The Balaban J connectivity index is 1.82. The number of benzene rings is 1. The molecule has 2 aromatic rings. The maximum absolute atomic E-state index is 13.1. The lowest BCUT2D eigenvalue weighted by atomic mass is 9.80. The minimum atomic E-state index is -0.873. The standard InChI is InChI=1S/C21H28N4O3/c1-3-24(4-2)20(28)21(12-8-5-9-13-21)23-18(26)15-25-19(27)17-11-7-6-10-16(17)14-22-25/h6-7,10-11,14H,3-5,8-9,12-13,15H2,1-2H3,(H,23,26). The van der Waals surface area contributed by atoms with Crippen molar-refractivity contribution in [2.75, 3.05) is 13.1 Å². The van der Waals surface area contributed by atoms with Gasteiger partial charge in [-0.05, 0) is 32.8 Å². The number of hydrogen-bond donors (Lipinski definition) is 1. The summed E-state index contributed by atoms with van der Waals surface area (Å²) in [5.41, 5.74) is -1.18. The molecule has 150 valence electrons. The van der Waals surface area contributed by atoms with Crippen LogP contribution in [0.4, 0.5) is 0 Å². The van der Waals surface area contributed by atoms with Gasteiger partial charge in [0, 0.05) is 18.5 Å². The van der Waals surface area contributed by atoms with Crippen molar-refractivity contribution < 1.29 is 9.59 Å². The highest BCUT2D eigenvalue weighted by Gasteiger charge is 2.42. The minimum absolute atomic E-state index is 0.0237. The summed E-state index contributed by atoms with van der Waals surface area (Å²) < 4.78 is 1.16. The van der Waals surface area contributed by atoms with E-state index in [1.165, 1.54) is 0 Å². The Morgan fingerprint density at radius 2 is 1.82 bits per heavy atom. The highest BCUT2D eigenvalue weighted by Crippen LogP contribution is 2.30. The predicted molar refractivity (Wildman–Crippen MR) is 108 cm³/mol. The van der Waals surface area contributed by atoms with Gasteiger partial charge in [-0.3, -0.25) is 14.4 Å². The van der Waals surface area contributed by atoms with Crippen LogP contribution in [0.2, 0.25) is 0 Å². The molecule has 7 heteroatoms. The number of hydrogen-bond acceptors (Lipinski definition) is 4. The SMILES string of the molecule is CCN(CC)C(=O)C1(NC(=O)Cn2ncc3ccccc3c2=O)CCCCC1. The molecule has 1 aromatic heterocycles. The van der Waals surface area contributed by atoms with Crippen molar-refractivity contribution in [3.8, 4) is 0 Å². The van der Waals surface area contributed by atoms with Gasteiger partial charge in [-0.2, -0.15) is 5.10 Å². The van der Waals surface area contributed by atoms with Crippen molar-refractivity contribution in [2.45, 2.75) is 58.0 Å². The van der Waals surface area contributed by atoms with E-state index in [2.05, 4.69) is 10.4 Å². The van der Waals surface area contributed by atoms with Crippen LogP contribution in [0.5, 0.6) is 0 Å². The second kappa shape index (κ2) is 8.54. The molecule has 0 atom stereocenters. The Morgan fingerprint density at radius 1 is 1.14 bits per heavy atom. The highest BCUT2D eigenvalue weighted by atomic mass is 16.2. The molecule has 2 amide bonds. The van der Waals surface area contributed by atoms with Gasteiger partial charge in [0.1, 0.15) is 12.1 Å². The second-order valence-electron chi connectivity index (χ2n) is 7.36. The van der Waals surface area contributed by atoms with Gasteiger partial charge in [0.25, 0.3) is 5.56 Å². The molecule has 1 aromatic carbocycles. The molecular formula is C21H28N4O3. The average molecular weight is 384 g/mol. The average Bonchev–Trinajstić information content (AvgIpc) is 2.72. The summed E-state index contributed by atoms with van der Waals surface area (Å²) in [5, 5.41) is 8.36. The van der Waals surface area contributed by atoms with Gasteiger partial charge >= 0.3 is 0 Å². The first-order valence-corrected chi connectivity index (χ1v) is 10.1. The maximum atomic E-state index is 13.1. The van der Waals surface area contributed by atoms with Crippen molar-refractivity contribution in [2.24, 2.45) is 0 Å². The second-order valence-corrected chi connectivity index (χ2v) is 7.36. The Kier molecular flexibility index (Phi) is 6.11. The number of likely N-dealkylation sites (N-methyl/N-ethyl adjacent to an activating group) is 1. The summed E-state index contributed by atoms with van der Waals surface area (Å²) in [7, 11) is 0. The smallest absolute Gasteiger partial charge is 0.275 e.